The second kappa shape index (κ2) is 13.3. The van der Waals surface area contributed by atoms with Crippen molar-refractivity contribution in [3.8, 4) is 0 Å². The number of hydrogen-bond donors (Lipinski definition) is 1. The second-order valence-electron chi connectivity index (χ2n) is 9.52. The Morgan fingerprint density at radius 2 is 1.59 bits per heavy atom. The SMILES string of the molecule is CC[C@@H](C(=O)NC(C)C)N(Cc1ccccc1)C(=O)CN(c1cc(Cl)ccc1Cl)S(=O)(=O)c1ccc(C)cc1. The quantitative estimate of drug-likeness (QED) is 0.305. The highest BCUT2D eigenvalue weighted by atomic mass is 35.5. The molecule has 0 saturated carbocycles. The Balaban J connectivity index is 2.09. The van der Waals surface area contributed by atoms with Gasteiger partial charge < -0.3 is 10.2 Å². The molecule has 0 fully saturated rings. The normalized spacial score (nSPS) is 12.2. The molecule has 0 aliphatic heterocycles. The van der Waals surface area contributed by atoms with Crippen molar-refractivity contribution in [2.75, 3.05) is 10.8 Å². The van der Waals surface area contributed by atoms with E-state index in [9.17, 15) is 18.0 Å². The third-order valence-corrected chi connectivity index (χ3v) is 8.41. The summed E-state index contributed by atoms with van der Waals surface area (Å²) in [7, 11) is -4.24. The van der Waals surface area contributed by atoms with Crippen LogP contribution in [0.5, 0.6) is 0 Å². The molecule has 10 heteroatoms. The number of sulfonamides is 1. The maximum Gasteiger partial charge on any atom is 0.264 e. The van der Waals surface area contributed by atoms with Crippen LogP contribution in [0.15, 0.2) is 77.7 Å². The Hall–Kier alpha value is -3.07. The van der Waals surface area contributed by atoms with Crippen LogP contribution in [0.4, 0.5) is 5.69 Å². The van der Waals surface area contributed by atoms with E-state index in [0.29, 0.717) is 6.42 Å². The average molecular weight is 591 g/mol. The van der Waals surface area contributed by atoms with Crippen molar-refractivity contribution >= 4 is 50.7 Å². The molecular weight excluding hydrogens is 557 g/mol. The van der Waals surface area contributed by atoms with E-state index in [1.54, 1.807) is 12.1 Å². The number of carbonyl (C=O) groups is 2. The largest absolute Gasteiger partial charge is 0.352 e. The van der Waals surface area contributed by atoms with Crippen LogP contribution < -0.4 is 9.62 Å². The number of carbonyl (C=O) groups excluding carboxylic acids is 2. The van der Waals surface area contributed by atoms with Crippen molar-refractivity contribution in [3.05, 3.63) is 94.0 Å². The lowest BCUT2D eigenvalue weighted by molar-refractivity contribution is -0.140. The van der Waals surface area contributed by atoms with Gasteiger partial charge in [0.2, 0.25) is 11.8 Å². The zero-order valence-electron chi connectivity index (χ0n) is 22.4. The average Bonchev–Trinajstić information content (AvgIpc) is 2.89. The molecule has 0 aliphatic carbocycles. The number of benzene rings is 3. The first-order valence-electron chi connectivity index (χ1n) is 12.6. The van der Waals surface area contributed by atoms with Crippen molar-refractivity contribution in [1.82, 2.24) is 10.2 Å². The van der Waals surface area contributed by atoms with E-state index in [1.807, 2.05) is 58.0 Å². The van der Waals surface area contributed by atoms with Gasteiger partial charge in [0, 0.05) is 17.6 Å². The van der Waals surface area contributed by atoms with Crippen LogP contribution in [0.3, 0.4) is 0 Å². The summed E-state index contributed by atoms with van der Waals surface area (Å²) in [4.78, 5) is 28.6. The molecule has 0 unspecified atom stereocenters. The molecule has 0 aromatic heterocycles. The third-order valence-electron chi connectivity index (χ3n) is 6.08. The van der Waals surface area contributed by atoms with Gasteiger partial charge in [-0.2, -0.15) is 0 Å². The summed E-state index contributed by atoms with van der Waals surface area (Å²) in [6, 6.07) is 19.0. The minimum atomic E-state index is -4.24. The summed E-state index contributed by atoms with van der Waals surface area (Å²) in [6.07, 6.45) is 0.333. The summed E-state index contributed by atoms with van der Waals surface area (Å²) in [5.41, 5.74) is 1.75. The van der Waals surface area contributed by atoms with Gasteiger partial charge in [-0.05, 0) is 63.1 Å². The highest BCUT2D eigenvalue weighted by Crippen LogP contribution is 2.33. The van der Waals surface area contributed by atoms with Crippen molar-refractivity contribution in [1.29, 1.82) is 0 Å². The molecule has 3 aromatic rings. The van der Waals surface area contributed by atoms with E-state index in [4.69, 9.17) is 23.2 Å². The summed E-state index contributed by atoms with van der Waals surface area (Å²) in [5.74, 6) is -0.873. The van der Waals surface area contributed by atoms with E-state index >= 15 is 0 Å². The number of nitrogens with zero attached hydrogens (tertiary/aromatic N) is 2. The molecular formula is C29H33Cl2N3O4S. The summed E-state index contributed by atoms with van der Waals surface area (Å²) >= 11 is 12.7. The molecule has 1 atom stereocenters. The van der Waals surface area contributed by atoms with Crippen LogP contribution >= 0.6 is 23.2 Å². The van der Waals surface area contributed by atoms with Gasteiger partial charge in [0.15, 0.2) is 0 Å². The van der Waals surface area contributed by atoms with Crippen LogP contribution in [0, 0.1) is 6.92 Å². The van der Waals surface area contributed by atoms with Gasteiger partial charge in [-0.3, -0.25) is 13.9 Å². The number of amides is 2. The molecule has 2 amide bonds. The minimum absolute atomic E-state index is 0.00357. The first-order chi connectivity index (χ1) is 18.4. The van der Waals surface area contributed by atoms with Gasteiger partial charge in [0.05, 0.1) is 15.6 Å². The van der Waals surface area contributed by atoms with E-state index in [-0.39, 0.29) is 39.1 Å². The Kier molecular flexibility index (Phi) is 10.4. The molecule has 0 aliphatic rings. The summed E-state index contributed by atoms with van der Waals surface area (Å²) in [6.45, 7) is 6.86. The van der Waals surface area contributed by atoms with E-state index < -0.39 is 28.5 Å². The molecule has 208 valence electrons. The lowest BCUT2D eigenvalue weighted by Crippen LogP contribution is -2.53. The van der Waals surface area contributed by atoms with Crippen molar-refractivity contribution in [3.63, 3.8) is 0 Å². The zero-order valence-corrected chi connectivity index (χ0v) is 24.7. The molecule has 0 heterocycles. The lowest BCUT2D eigenvalue weighted by atomic mass is 10.1. The Bertz CT molecular complexity index is 1400. The van der Waals surface area contributed by atoms with Gasteiger partial charge >= 0.3 is 0 Å². The number of nitrogens with one attached hydrogen (secondary N) is 1. The maximum absolute atomic E-state index is 14.0. The molecule has 3 rings (SSSR count). The first kappa shape index (κ1) is 30.5. The fourth-order valence-electron chi connectivity index (χ4n) is 4.11. The number of halogens is 2. The first-order valence-corrected chi connectivity index (χ1v) is 14.8. The molecule has 3 aromatic carbocycles. The van der Waals surface area contributed by atoms with Crippen LogP contribution in [0.25, 0.3) is 0 Å². The van der Waals surface area contributed by atoms with Crippen LogP contribution in [-0.2, 0) is 26.2 Å². The predicted molar refractivity (Wildman–Crippen MR) is 157 cm³/mol. The smallest absolute Gasteiger partial charge is 0.264 e. The monoisotopic (exact) mass is 589 g/mol. The lowest BCUT2D eigenvalue weighted by Gasteiger charge is -2.33. The van der Waals surface area contributed by atoms with Gasteiger partial charge in [0.1, 0.15) is 12.6 Å². The Morgan fingerprint density at radius 1 is 0.949 bits per heavy atom. The van der Waals surface area contributed by atoms with Gasteiger partial charge in [-0.1, -0.05) is 78.2 Å². The standard InChI is InChI=1S/C29H33Cl2N3O4S/c1-5-26(29(36)32-20(2)3)33(18-22-9-7-6-8-10-22)28(35)19-34(27-17-23(30)13-16-25(27)31)39(37,38)24-14-11-21(4)12-15-24/h6-17,20,26H,5,18-19H2,1-4H3,(H,32,36)/t26-/m0/s1. The summed E-state index contributed by atoms with van der Waals surface area (Å²) < 4.78 is 28.8. The molecule has 1 N–H and O–H groups in total. The van der Waals surface area contributed by atoms with Crippen LogP contribution in [-0.4, -0.2) is 43.8 Å². The van der Waals surface area contributed by atoms with Crippen LogP contribution in [0.1, 0.15) is 38.3 Å². The highest BCUT2D eigenvalue weighted by molar-refractivity contribution is 7.92. The highest BCUT2D eigenvalue weighted by Gasteiger charge is 2.34. The second-order valence-corrected chi connectivity index (χ2v) is 12.2. The van der Waals surface area contributed by atoms with Gasteiger partial charge in [0.25, 0.3) is 10.0 Å². The predicted octanol–water partition coefficient (Wildman–Crippen LogP) is 5.83. The fourth-order valence-corrected chi connectivity index (χ4v) is 5.97. The Morgan fingerprint density at radius 3 is 2.18 bits per heavy atom. The molecule has 0 saturated heterocycles. The van der Waals surface area contributed by atoms with E-state index in [1.165, 1.54) is 35.2 Å². The number of hydrogen-bond acceptors (Lipinski definition) is 4. The van der Waals surface area contributed by atoms with Gasteiger partial charge in [-0.25, -0.2) is 8.42 Å². The summed E-state index contributed by atoms with van der Waals surface area (Å²) in [5, 5.41) is 3.25. The molecule has 39 heavy (non-hydrogen) atoms. The number of anilines is 1. The number of aryl methyl sites for hydroxylation is 1. The van der Waals surface area contributed by atoms with Crippen molar-refractivity contribution in [2.24, 2.45) is 0 Å². The van der Waals surface area contributed by atoms with Crippen molar-refractivity contribution < 1.29 is 18.0 Å². The molecule has 0 radical (unpaired) electrons. The minimum Gasteiger partial charge on any atom is -0.352 e. The number of rotatable bonds is 11. The van der Waals surface area contributed by atoms with E-state index in [2.05, 4.69) is 5.32 Å². The van der Waals surface area contributed by atoms with Crippen LogP contribution in [0.2, 0.25) is 10.0 Å². The van der Waals surface area contributed by atoms with Gasteiger partial charge in [-0.15, -0.1) is 0 Å². The third kappa shape index (κ3) is 7.75. The molecule has 0 spiro atoms. The maximum atomic E-state index is 14.0. The fraction of sp³-hybridized carbons (Fsp3) is 0.310. The van der Waals surface area contributed by atoms with E-state index in [0.717, 1.165) is 15.4 Å². The van der Waals surface area contributed by atoms with Crippen molar-refractivity contribution in [2.45, 2.75) is 57.6 Å². The molecule has 0 bridgehead atoms. The zero-order chi connectivity index (χ0) is 28.7. The topological polar surface area (TPSA) is 86.8 Å². The Labute approximate surface area is 240 Å². The molecule has 7 nitrogen and oxygen atoms in total.